The number of rotatable bonds is 7. The highest BCUT2D eigenvalue weighted by Crippen LogP contribution is 2.04. The topological polar surface area (TPSA) is 104 Å². The average Bonchev–Trinajstić information content (AvgIpc) is 2.45. The molecule has 0 aliphatic rings. The summed E-state index contributed by atoms with van der Waals surface area (Å²) in [6, 6.07) is 6.45. The zero-order valence-corrected chi connectivity index (χ0v) is 11.6. The summed E-state index contributed by atoms with van der Waals surface area (Å²) in [7, 11) is 0. The second kappa shape index (κ2) is 8.16. The van der Waals surface area contributed by atoms with E-state index in [1.807, 2.05) is 6.92 Å². The van der Waals surface area contributed by atoms with E-state index in [2.05, 4.69) is 10.6 Å². The molecule has 0 spiro atoms. The van der Waals surface area contributed by atoms with E-state index in [0.717, 1.165) is 0 Å². The first-order valence-corrected chi connectivity index (χ1v) is 6.61. The third kappa shape index (κ3) is 5.71. The standard InChI is InChI=1S/C14H21N3O3/c1-2-12(18)7-8-16-13(19)9-17-14(20)10-3-5-11(15)6-4-10/h3-6,12,18H,2,7-9,15H2,1H3,(H,16,19)(H,17,20). The second-order valence-electron chi connectivity index (χ2n) is 4.51. The Morgan fingerprint density at radius 3 is 2.50 bits per heavy atom. The molecule has 0 bridgehead atoms. The van der Waals surface area contributed by atoms with Crippen LogP contribution in [-0.4, -0.2) is 36.1 Å². The molecular weight excluding hydrogens is 258 g/mol. The molecule has 0 aliphatic heterocycles. The molecule has 6 nitrogen and oxygen atoms in total. The van der Waals surface area contributed by atoms with Gasteiger partial charge in [0.25, 0.3) is 5.91 Å². The molecule has 1 aromatic carbocycles. The Morgan fingerprint density at radius 2 is 1.90 bits per heavy atom. The number of hydrogen-bond acceptors (Lipinski definition) is 4. The maximum Gasteiger partial charge on any atom is 0.251 e. The Kier molecular flexibility index (Phi) is 6.52. The lowest BCUT2D eigenvalue weighted by molar-refractivity contribution is -0.120. The molecular formula is C14H21N3O3. The van der Waals surface area contributed by atoms with E-state index >= 15 is 0 Å². The van der Waals surface area contributed by atoms with Crippen molar-refractivity contribution in [1.82, 2.24) is 10.6 Å². The van der Waals surface area contributed by atoms with E-state index in [4.69, 9.17) is 5.73 Å². The molecule has 0 fully saturated rings. The number of nitrogens with one attached hydrogen (secondary N) is 2. The molecule has 110 valence electrons. The fourth-order valence-corrected chi connectivity index (χ4v) is 1.54. The maximum atomic E-state index is 11.7. The highest BCUT2D eigenvalue weighted by molar-refractivity contribution is 5.96. The van der Waals surface area contributed by atoms with E-state index in [1.165, 1.54) is 0 Å². The van der Waals surface area contributed by atoms with Gasteiger partial charge in [-0.05, 0) is 37.1 Å². The maximum absolute atomic E-state index is 11.7. The second-order valence-corrected chi connectivity index (χ2v) is 4.51. The number of carbonyl (C=O) groups is 2. The zero-order chi connectivity index (χ0) is 15.0. The van der Waals surface area contributed by atoms with Gasteiger partial charge in [-0.15, -0.1) is 0 Å². The van der Waals surface area contributed by atoms with Gasteiger partial charge in [0.1, 0.15) is 0 Å². The van der Waals surface area contributed by atoms with Crippen molar-refractivity contribution in [3.63, 3.8) is 0 Å². The van der Waals surface area contributed by atoms with Crippen molar-refractivity contribution in [1.29, 1.82) is 0 Å². The summed E-state index contributed by atoms with van der Waals surface area (Å²) in [5.41, 5.74) is 6.55. The van der Waals surface area contributed by atoms with Crippen molar-refractivity contribution in [2.24, 2.45) is 0 Å². The third-order valence-electron chi connectivity index (χ3n) is 2.85. The van der Waals surface area contributed by atoms with Gasteiger partial charge in [-0.3, -0.25) is 9.59 Å². The quantitative estimate of drug-likeness (QED) is 0.538. The monoisotopic (exact) mass is 279 g/mol. The smallest absolute Gasteiger partial charge is 0.251 e. The van der Waals surface area contributed by atoms with Crippen LogP contribution in [0.15, 0.2) is 24.3 Å². The number of benzene rings is 1. The van der Waals surface area contributed by atoms with Crippen LogP contribution in [0.1, 0.15) is 30.1 Å². The van der Waals surface area contributed by atoms with Crippen LogP contribution in [0.2, 0.25) is 0 Å². The lowest BCUT2D eigenvalue weighted by Crippen LogP contribution is -2.37. The van der Waals surface area contributed by atoms with Crippen LogP contribution in [0.3, 0.4) is 0 Å². The molecule has 0 radical (unpaired) electrons. The fourth-order valence-electron chi connectivity index (χ4n) is 1.54. The fraction of sp³-hybridized carbons (Fsp3) is 0.429. The summed E-state index contributed by atoms with van der Waals surface area (Å²) >= 11 is 0. The summed E-state index contributed by atoms with van der Waals surface area (Å²) in [5.74, 6) is -0.606. The van der Waals surface area contributed by atoms with Gasteiger partial charge in [0, 0.05) is 17.8 Å². The summed E-state index contributed by atoms with van der Waals surface area (Å²) in [6.45, 7) is 2.18. The highest BCUT2D eigenvalue weighted by atomic mass is 16.3. The summed E-state index contributed by atoms with van der Waals surface area (Å²) < 4.78 is 0. The first-order chi connectivity index (χ1) is 9.52. The summed E-state index contributed by atoms with van der Waals surface area (Å²) in [6.07, 6.45) is 0.761. The van der Waals surface area contributed by atoms with E-state index in [-0.39, 0.29) is 18.4 Å². The number of anilines is 1. The Morgan fingerprint density at radius 1 is 1.25 bits per heavy atom. The van der Waals surface area contributed by atoms with Gasteiger partial charge in [-0.1, -0.05) is 6.92 Å². The normalized spacial score (nSPS) is 11.7. The predicted octanol–water partition coefficient (Wildman–Crippen LogP) is 0.276. The van der Waals surface area contributed by atoms with Gasteiger partial charge < -0.3 is 21.5 Å². The molecule has 5 N–H and O–H groups in total. The number of hydrogen-bond donors (Lipinski definition) is 4. The predicted molar refractivity (Wildman–Crippen MR) is 77.1 cm³/mol. The molecule has 0 saturated heterocycles. The van der Waals surface area contributed by atoms with Crippen molar-refractivity contribution >= 4 is 17.5 Å². The first kappa shape index (κ1) is 16.0. The molecule has 1 rings (SSSR count). The lowest BCUT2D eigenvalue weighted by atomic mass is 10.2. The minimum atomic E-state index is -0.403. The molecule has 2 amide bonds. The SMILES string of the molecule is CCC(O)CCNC(=O)CNC(=O)c1ccc(N)cc1. The van der Waals surface area contributed by atoms with Gasteiger partial charge in [0.2, 0.25) is 5.91 Å². The van der Waals surface area contributed by atoms with Crippen molar-refractivity contribution in [3.8, 4) is 0 Å². The van der Waals surface area contributed by atoms with Crippen LogP contribution in [-0.2, 0) is 4.79 Å². The Balaban J connectivity index is 2.27. The molecule has 20 heavy (non-hydrogen) atoms. The van der Waals surface area contributed by atoms with Gasteiger partial charge in [-0.25, -0.2) is 0 Å². The number of nitrogens with two attached hydrogens (primary N) is 1. The number of carbonyl (C=O) groups excluding carboxylic acids is 2. The van der Waals surface area contributed by atoms with Crippen LogP contribution in [0, 0.1) is 0 Å². The van der Waals surface area contributed by atoms with Gasteiger partial charge >= 0.3 is 0 Å². The first-order valence-electron chi connectivity index (χ1n) is 6.61. The van der Waals surface area contributed by atoms with Crippen molar-refractivity contribution < 1.29 is 14.7 Å². The molecule has 0 heterocycles. The van der Waals surface area contributed by atoms with E-state index in [1.54, 1.807) is 24.3 Å². The van der Waals surface area contributed by atoms with Crippen LogP contribution < -0.4 is 16.4 Å². The highest BCUT2D eigenvalue weighted by Gasteiger charge is 2.08. The van der Waals surface area contributed by atoms with E-state index < -0.39 is 6.10 Å². The average molecular weight is 279 g/mol. The largest absolute Gasteiger partial charge is 0.399 e. The zero-order valence-electron chi connectivity index (χ0n) is 11.6. The minimum Gasteiger partial charge on any atom is -0.399 e. The lowest BCUT2D eigenvalue weighted by Gasteiger charge is -2.09. The minimum absolute atomic E-state index is 0.0918. The molecule has 0 saturated carbocycles. The Bertz CT molecular complexity index is 445. The van der Waals surface area contributed by atoms with Crippen molar-refractivity contribution in [2.75, 3.05) is 18.8 Å². The number of amides is 2. The van der Waals surface area contributed by atoms with Gasteiger partial charge in [-0.2, -0.15) is 0 Å². The third-order valence-corrected chi connectivity index (χ3v) is 2.85. The molecule has 1 atom stereocenters. The van der Waals surface area contributed by atoms with Crippen molar-refractivity contribution in [2.45, 2.75) is 25.9 Å². The molecule has 0 aromatic heterocycles. The van der Waals surface area contributed by atoms with E-state index in [0.29, 0.717) is 30.6 Å². The van der Waals surface area contributed by atoms with Crippen LogP contribution in [0.25, 0.3) is 0 Å². The number of aliphatic hydroxyl groups excluding tert-OH is 1. The molecule has 1 unspecified atom stereocenters. The van der Waals surface area contributed by atoms with Crippen LogP contribution in [0.5, 0.6) is 0 Å². The van der Waals surface area contributed by atoms with E-state index in [9.17, 15) is 14.7 Å². The molecule has 6 heteroatoms. The Labute approximate surface area is 118 Å². The van der Waals surface area contributed by atoms with Crippen molar-refractivity contribution in [3.05, 3.63) is 29.8 Å². The van der Waals surface area contributed by atoms with Gasteiger partial charge in [0.15, 0.2) is 0 Å². The summed E-state index contributed by atoms with van der Waals surface area (Å²) in [4.78, 5) is 23.2. The van der Waals surface area contributed by atoms with Crippen LogP contribution >= 0.6 is 0 Å². The van der Waals surface area contributed by atoms with Crippen LogP contribution in [0.4, 0.5) is 5.69 Å². The van der Waals surface area contributed by atoms with Gasteiger partial charge in [0.05, 0.1) is 12.6 Å². The molecule has 1 aromatic rings. The molecule has 0 aliphatic carbocycles. The number of nitrogen functional groups attached to an aromatic ring is 1. The number of aliphatic hydroxyl groups is 1. The Hall–Kier alpha value is -2.08. The summed E-state index contributed by atoms with van der Waals surface area (Å²) in [5, 5.41) is 14.5.